The van der Waals surface area contributed by atoms with Gasteiger partial charge in [-0.05, 0) is 35.4 Å². The van der Waals surface area contributed by atoms with Crippen LogP contribution in [0.3, 0.4) is 0 Å². The van der Waals surface area contributed by atoms with E-state index in [0.717, 1.165) is 11.1 Å². The maximum absolute atomic E-state index is 12.8. The average Bonchev–Trinajstić information content (AvgIpc) is 2.43. The predicted octanol–water partition coefficient (Wildman–Crippen LogP) is 2.84. The van der Waals surface area contributed by atoms with Gasteiger partial charge in [-0.25, -0.2) is 4.39 Å². The Balaban J connectivity index is 1.93. The average molecular weight is 302 g/mol. The minimum atomic E-state index is -0.312. The minimum absolute atomic E-state index is 0.149. The molecule has 0 aliphatic carbocycles. The van der Waals surface area contributed by atoms with Crippen molar-refractivity contribution < 1.29 is 9.18 Å². The van der Waals surface area contributed by atoms with E-state index in [0.29, 0.717) is 17.1 Å². The van der Waals surface area contributed by atoms with E-state index in [1.54, 1.807) is 24.3 Å². The first-order valence-corrected chi connectivity index (χ1v) is 6.85. The first-order valence-electron chi connectivity index (χ1n) is 6.44. The molecule has 108 valence electrons. The van der Waals surface area contributed by atoms with Gasteiger partial charge in [-0.1, -0.05) is 36.5 Å². The number of hydrogen-bond donors (Lipinski definition) is 2. The fraction of sp³-hybridized carbons (Fsp3) is 0.125. The monoisotopic (exact) mass is 302 g/mol. The smallest absolute Gasteiger partial charge is 0.228 e. The summed E-state index contributed by atoms with van der Waals surface area (Å²) in [5, 5.41) is 2.79. The first kappa shape index (κ1) is 15.1. The van der Waals surface area contributed by atoms with Crippen LogP contribution in [0.4, 0.5) is 10.1 Å². The maximum atomic E-state index is 12.8. The molecule has 0 spiro atoms. The molecule has 0 heterocycles. The molecule has 0 unspecified atom stereocenters. The summed E-state index contributed by atoms with van der Waals surface area (Å²) < 4.78 is 12.8. The molecule has 2 aromatic carbocycles. The third-order valence-corrected chi connectivity index (χ3v) is 3.04. The van der Waals surface area contributed by atoms with Crippen LogP contribution >= 0.6 is 12.2 Å². The van der Waals surface area contributed by atoms with Crippen molar-refractivity contribution in [2.24, 2.45) is 5.73 Å². The Morgan fingerprint density at radius 3 is 2.10 bits per heavy atom. The van der Waals surface area contributed by atoms with E-state index < -0.39 is 0 Å². The highest BCUT2D eigenvalue weighted by Gasteiger charge is 2.04. The van der Waals surface area contributed by atoms with Gasteiger partial charge in [0, 0.05) is 12.1 Å². The Bertz CT molecular complexity index is 638. The number of carbonyl (C=O) groups excluding carboxylic acids is 1. The van der Waals surface area contributed by atoms with E-state index in [1.165, 1.54) is 12.1 Å². The fourth-order valence-corrected chi connectivity index (χ4v) is 2.07. The summed E-state index contributed by atoms with van der Waals surface area (Å²) in [6, 6.07) is 13.2. The van der Waals surface area contributed by atoms with Crippen molar-refractivity contribution in [1.29, 1.82) is 0 Å². The van der Waals surface area contributed by atoms with Gasteiger partial charge in [-0.3, -0.25) is 4.79 Å². The maximum Gasteiger partial charge on any atom is 0.228 e. The molecule has 0 saturated heterocycles. The van der Waals surface area contributed by atoms with Crippen molar-refractivity contribution in [3.05, 3.63) is 65.5 Å². The summed E-state index contributed by atoms with van der Waals surface area (Å²) in [5.74, 6) is -0.462. The van der Waals surface area contributed by atoms with Crippen LogP contribution in [0.5, 0.6) is 0 Å². The van der Waals surface area contributed by atoms with Crippen LogP contribution in [-0.4, -0.2) is 10.9 Å². The first-order chi connectivity index (χ1) is 10.0. The van der Waals surface area contributed by atoms with Crippen LogP contribution in [-0.2, 0) is 17.6 Å². The standard InChI is InChI=1S/C16H15FN2OS/c17-13-5-1-12(2-6-13)10-16(20)19-14-7-3-11(4-8-14)9-15(18)21/h1-8H,9-10H2,(H2,18,21)(H,19,20). The summed E-state index contributed by atoms with van der Waals surface area (Å²) in [6.07, 6.45) is 0.744. The number of anilines is 1. The molecule has 21 heavy (non-hydrogen) atoms. The largest absolute Gasteiger partial charge is 0.393 e. The second-order valence-corrected chi connectivity index (χ2v) is 5.22. The molecule has 2 rings (SSSR count). The van der Waals surface area contributed by atoms with Crippen LogP contribution in [0.1, 0.15) is 11.1 Å². The Morgan fingerprint density at radius 1 is 1.00 bits per heavy atom. The Labute approximate surface area is 128 Å². The molecule has 1 amide bonds. The topological polar surface area (TPSA) is 55.1 Å². The highest BCUT2D eigenvalue weighted by atomic mass is 32.1. The highest BCUT2D eigenvalue weighted by molar-refractivity contribution is 7.80. The zero-order chi connectivity index (χ0) is 15.2. The van der Waals surface area contributed by atoms with Crippen molar-refractivity contribution in [2.75, 3.05) is 5.32 Å². The second kappa shape index (κ2) is 6.95. The quantitative estimate of drug-likeness (QED) is 0.835. The Morgan fingerprint density at radius 2 is 1.52 bits per heavy atom. The van der Waals surface area contributed by atoms with Gasteiger partial charge in [0.1, 0.15) is 5.82 Å². The molecule has 0 bridgehead atoms. The predicted molar refractivity (Wildman–Crippen MR) is 85.7 cm³/mol. The number of thiocarbonyl (C=S) groups is 1. The summed E-state index contributed by atoms with van der Waals surface area (Å²) in [6.45, 7) is 0. The van der Waals surface area contributed by atoms with Crippen molar-refractivity contribution in [3.63, 3.8) is 0 Å². The number of amides is 1. The number of benzene rings is 2. The molecule has 2 aromatic rings. The number of carbonyl (C=O) groups is 1. The second-order valence-electron chi connectivity index (χ2n) is 4.69. The lowest BCUT2D eigenvalue weighted by Gasteiger charge is -2.06. The van der Waals surface area contributed by atoms with E-state index in [1.807, 2.05) is 12.1 Å². The molecule has 0 aliphatic heterocycles. The van der Waals surface area contributed by atoms with Crippen molar-refractivity contribution in [3.8, 4) is 0 Å². The van der Waals surface area contributed by atoms with Crippen LogP contribution in [0.2, 0.25) is 0 Å². The molecule has 0 saturated carbocycles. The SMILES string of the molecule is NC(=S)Cc1ccc(NC(=O)Cc2ccc(F)cc2)cc1. The highest BCUT2D eigenvalue weighted by Crippen LogP contribution is 2.11. The van der Waals surface area contributed by atoms with Gasteiger partial charge in [0.15, 0.2) is 0 Å². The molecular weight excluding hydrogens is 287 g/mol. The van der Waals surface area contributed by atoms with Gasteiger partial charge in [0.25, 0.3) is 0 Å². The number of rotatable bonds is 5. The van der Waals surface area contributed by atoms with Crippen molar-refractivity contribution >= 4 is 28.8 Å². The zero-order valence-corrected chi connectivity index (χ0v) is 12.1. The normalized spacial score (nSPS) is 10.1. The molecule has 3 N–H and O–H groups in total. The van der Waals surface area contributed by atoms with E-state index in [-0.39, 0.29) is 18.1 Å². The van der Waals surface area contributed by atoms with E-state index in [4.69, 9.17) is 18.0 Å². The third kappa shape index (κ3) is 4.96. The molecule has 3 nitrogen and oxygen atoms in total. The molecule has 0 aliphatic rings. The molecular formula is C16H15FN2OS. The Hall–Kier alpha value is -2.27. The number of nitrogens with two attached hydrogens (primary N) is 1. The number of nitrogens with one attached hydrogen (secondary N) is 1. The number of halogens is 1. The van der Waals surface area contributed by atoms with Crippen LogP contribution in [0, 0.1) is 5.82 Å². The fourth-order valence-electron chi connectivity index (χ4n) is 1.90. The van der Waals surface area contributed by atoms with Crippen LogP contribution < -0.4 is 11.1 Å². The van der Waals surface area contributed by atoms with E-state index in [9.17, 15) is 9.18 Å². The van der Waals surface area contributed by atoms with E-state index >= 15 is 0 Å². The zero-order valence-electron chi connectivity index (χ0n) is 11.3. The lowest BCUT2D eigenvalue weighted by Crippen LogP contribution is -2.14. The number of hydrogen-bond acceptors (Lipinski definition) is 2. The van der Waals surface area contributed by atoms with Gasteiger partial charge < -0.3 is 11.1 Å². The molecule has 0 aromatic heterocycles. The van der Waals surface area contributed by atoms with Crippen LogP contribution in [0.15, 0.2) is 48.5 Å². The Kier molecular flexibility index (Phi) is 5.00. The summed E-state index contributed by atoms with van der Waals surface area (Å²) in [7, 11) is 0. The van der Waals surface area contributed by atoms with Gasteiger partial charge in [-0.15, -0.1) is 0 Å². The lowest BCUT2D eigenvalue weighted by atomic mass is 10.1. The molecule has 0 radical (unpaired) electrons. The minimum Gasteiger partial charge on any atom is -0.393 e. The van der Waals surface area contributed by atoms with Gasteiger partial charge in [0.05, 0.1) is 11.4 Å². The van der Waals surface area contributed by atoms with Gasteiger partial charge in [0.2, 0.25) is 5.91 Å². The van der Waals surface area contributed by atoms with Crippen molar-refractivity contribution in [2.45, 2.75) is 12.8 Å². The summed E-state index contributed by atoms with van der Waals surface area (Å²) >= 11 is 4.84. The van der Waals surface area contributed by atoms with Crippen LogP contribution in [0.25, 0.3) is 0 Å². The molecule has 5 heteroatoms. The van der Waals surface area contributed by atoms with Gasteiger partial charge in [-0.2, -0.15) is 0 Å². The van der Waals surface area contributed by atoms with Crippen molar-refractivity contribution in [1.82, 2.24) is 0 Å². The van der Waals surface area contributed by atoms with Gasteiger partial charge >= 0.3 is 0 Å². The molecule has 0 atom stereocenters. The van der Waals surface area contributed by atoms with E-state index in [2.05, 4.69) is 5.32 Å². The third-order valence-electron chi connectivity index (χ3n) is 2.89. The molecule has 0 fully saturated rings. The summed E-state index contributed by atoms with van der Waals surface area (Å²) in [5.41, 5.74) is 7.94. The lowest BCUT2D eigenvalue weighted by molar-refractivity contribution is -0.115. The summed E-state index contributed by atoms with van der Waals surface area (Å²) in [4.78, 5) is 12.3.